The van der Waals surface area contributed by atoms with Gasteiger partial charge in [-0.1, -0.05) is 23.7 Å². The Kier molecular flexibility index (Phi) is 3.27. The molecule has 2 aromatic rings. The molecule has 1 aromatic heterocycles. The van der Waals surface area contributed by atoms with Crippen LogP contribution in [0.2, 0.25) is 5.02 Å². The fourth-order valence-electron chi connectivity index (χ4n) is 1.56. The summed E-state index contributed by atoms with van der Waals surface area (Å²) in [6.07, 6.45) is 0.683. The molecule has 16 heavy (non-hydrogen) atoms. The molecule has 0 aliphatic carbocycles. The maximum absolute atomic E-state index is 11.1. The van der Waals surface area contributed by atoms with Gasteiger partial charge in [0.25, 0.3) is 5.91 Å². The van der Waals surface area contributed by atoms with Crippen LogP contribution in [0.15, 0.2) is 35.7 Å². The van der Waals surface area contributed by atoms with Crippen molar-refractivity contribution in [3.8, 4) is 0 Å². The first-order valence-electron chi connectivity index (χ1n) is 4.77. The van der Waals surface area contributed by atoms with E-state index in [1.165, 1.54) is 11.3 Å². The van der Waals surface area contributed by atoms with Crippen molar-refractivity contribution < 1.29 is 4.79 Å². The van der Waals surface area contributed by atoms with Gasteiger partial charge in [-0.15, -0.1) is 11.3 Å². The van der Waals surface area contributed by atoms with Crippen LogP contribution in [-0.2, 0) is 6.42 Å². The number of primary amides is 1. The van der Waals surface area contributed by atoms with E-state index in [4.69, 9.17) is 17.3 Å². The molecule has 0 radical (unpaired) electrons. The fourth-order valence-corrected chi connectivity index (χ4v) is 2.55. The molecule has 1 aromatic carbocycles. The van der Waals surface area contributed by atoms with Gasteiger partial charge >= 0.3 is 0 Å². The highest BCUT2D eigenvalue weighted by Crippen LogP contribution is 2.21. The predicted octanol–water partition coefficient (Wildman–Crippen LogP) is 3.09. The summed E-state index contributed by atoms with van der Waals surface area (Å²) in [4.78, 5) is 11.8. The lowest BCUT2D eigenvalue weighted by Crippen LogP contribution is -2.11. The SMILES string of the molecule is NC(=O)c1sccc1Cc1cccc(Cl)c1. The van der Waals surface area contributed by atoms with E-state index >= 15 is 0 Å². The molecule has 4 heteroatoms. The molecule has 1 heterocycles. The van der Waals surface area contributed by atoms with Gasteiger partial charge < -0.3 is 5.73 Å². The predicted molar refractivity (Wildman–Crippen MR) is 67.1 cm³/mol. The number of rotatable bonds is 3. The molecule has 0 saturated carbocycles. The van der Waals surface area contributed by atoms with E-state index in [2.05, 4.69) is 0 Å². The Bertz CT molecular complexity index is 521. The highest BCUT2D eigenvalue weighted by atomic mass is 35.5. The van der Waals surface area contributed by atoms with E-state index in [9.17, 15) is 4.79 Å². The normalized spacial score (nSPS) is 10.3. The largest absolute Gasteiger partial charge is 0.365 e. The summed E-state index contributed by atoms with van der Waals surface area (Å²) in [5, 5.41) is 2.58. The number of halogens is 1. The molecule has 0 aliphatic rings. The zero-order valence-electron chi connectivity index (χ0n) is 8.44. The molecule has 82 valence electrons. The van der Waals surface area contributed by atoms with Crippen LogP contribution in [0.25, 0.3) is 0 Å². The van der Waals surface area contributed by atoms with E-state index < -0.39 is 0 Å². The van der Waals surface area contributed by atoms with Gasteiger partial charge in [0.05, 0.1) is 4.88 Å². The Morgan fingerprint density at radius 1 is 1.38 bits per heavy atom. The van der Waals surface area contributed by atoms with Crippen LogP contribution in [-0.4, -0.2) is 5.91 Å². The third-order valence-corrected chi connectivity index (χ3v) is 3.46. The lowest BCUT2D eigenvalue weighted by atomic mass is 10.1. The highest BCUT2D eigenvalue weighted by molar-refractivity contribution is 7.12. The average Bonchev–Trinajstić information content (AvgIpc) is 2.66. The zero-order valence-corrected chi connectivity index (χ0v) is 10.0. The molecule has 2 nitrogen and oxygen atoms in total. The molecule has 0 unspecified atom stereocenters. The van der Waals surface area contributed by atoms with Gasteiger partial charge in [-0.05, 0) is 41.1 Å². The molecule has 0 atom stereocenters. The van der Waals surface area contributed by atoms with Crippen molar-refractivity contribution in [3.05, 3.63) is 56.7 Å². The Hall–Kier alpha value is -1.32. The van der Waals surface area contributed by atoms with E-state index in [0.29, 0.717) is 16.3 Å². The summed E-state index contributed by atoms with van der Waals surface area (Å²) in [5.41, 5.74) is 7.32. The van der Waals surface area contributed by atoms with Gasteiger partial charge in [0.2, 0.25) is 0 Å². The van der Waals surface area contributed by atoms with E-state index in [-0.39, 0.29) is 5.91 Å². The van der Waals surface area contributed by atoms with Crippen LogP contribution in [0.1, 0.15) is 20.8 Å². The summed E-state index contributed by atoms with van der Waals surface area (Å²) >= 11 is 7.27. The first kappa shape index (κ1) is 11.2. The fraction of sp³-hybridized carbons (Fsp3) is 0.0833. The van der Waals surface area contributed by atoms with Crippen LogP contribution in [0, 0.1) is 0 Å². The molecule has 0 aliphatic heterocycles. The average molecular weight is 252 g/mol. The van der Waals surface area contributed by atoms with Crippen molar-refractivity contribution >= 4 is 28.8 Å². The minimum atomic E-state index is -0.368. The van der Waals surface area contributed by atoms with Gasteiger partial charge in [-0.2, -0.15) is 0 Å². The van der Waals surface area contributed by atoms with Gasteiger partial charge in [0, 0.05) is 5.02 Å². The van der Waals surface area contributed by atoms with Crippen LogP contribution in [0.4, 0.5) is 0 Å². The maximum atomic E-state index is 11.1. The van der Waals surface area contributed by atoms with Gasteiger partial charge in [-0.3, -0.25) is 4.79 Å². The molecule has 0 bridgehead atoms. The van der Waals surface area contributed by atoms with E-state index in [1.54, 1.807) is 0 Å². The minimum absolute atomic E-state index is 0.368. The van der Waals surface area contributed by atoms with Crippen LogP contribution in [0.5, 0.6) is 0 Å². The zero-order chi connectivity index (χ0) is 11.5. The molecule has 0 saturated heterocycles. The van der Waals surface area contributed by atoms with Crippen molar-refractivity contribution in [3.63, 3.8) is 0 Å². The lowest BCUT2D eigenvalue weighted by Gasteiger charge is -2.02. The van der Waals surface area contributed by atoms with E-state index in [1.807, 2.05) is 35.7 Å². The standard InChI is InChI=1S/C12H10ClNOS/c13-10-3-1-2-8(7-10)6-9-4-5-16-11(9)12(14)15/h1-5,7H,6H2,(H2,14,15). The molecule has 0 fully saturated rings. The second kappa shape index (κ2) is 4.68. The van der Waals surface area contributed by atoms with Crippen molar-refractivity contribution in [2.24, 2.45) is 5.73 Å². The molecule has 2 N–H and O–H groups in total. The number of hydrogen-bond donors (Lipinski definition) is 1. The van der Waals surface area contributed by atoms with Crippen molar-refractivity contribution in [2.45, 2.75) is 6.42 Å². The topological polar surface area (TPSA) is 43.1 Å². The van der Waals surface area contributed by atoms with Crippen LogP contribution < -0.4 is 5.73 Å². The van der Waals surface area contributed by atoms with Crippen molar-refractivity contribution in [2.75, 3.05) is 0 Å². The Labute approximate surface area is 103 Å². The maximum Gasteiger partial charge on any atom is 0.259 e. The smallest absolute Gasteiger partial charge is 0.259 e. The van der Waals surface area contributed by atoms with E-state index in [0.717, 1.165) is 11.1 Å². The second-order valence-electron chi connectivity index (χ2n) is 3.45. The molecule has 1 amide bonds. The minimum Gasteiger partial charge on any atom is -0.365 e. The summed E-state index contributed by atoms with van der Waals surface area (Å²) in [6.45, 7) is 0. The monoisotopic (exact) mass is 251 g/mol. The molecule has 0 spiro atoms. The number of carbonyl (C=O) groups is 1. The van der Waals surface area contributed by atoms with Crippen molar-refractivity contribution in [1.29, 1.82) is 0 Å². The van der Waals surface area contributed by atoms with Gasteiger partial charge in [-0.25, -0.2) is 0 Å². The Morgan fingerprint density at radius 3 is 2.88 bits per heavy atom. The van der Waals surface area contributed by atoms with Crippen molar-refractivity contribution in [1.82, 2.24) is 0 Å². The van der Waals surface area contributed by atoms with Crippen LogP contribution >= 0.6 is 22.9 Å². The number of benzene rings is 1. The summed E-state index contributed by atoms with van der Waals surface area (Å²) in [6, 6.07) is 9.52. The molecular weight excluding hydrogens is 242 g/mol. The number of thiophene rings is 1. The lowest BCUT2D eigenvalue weighted by molar-refractivity contribution is 0.100. The van der Waals surface area contributed by atoms with Gasteiger partial charge in [0.1, 0.15) is 0 Å². The third kappa shape index (κ3) is 2.43. The third-order valence-electron chi connectivity index (χ3n) is 2.25. The Balaban J connectivity index is 2.27. The first-order chi connectivity index (χ1) is 7.66. The number of carbonyl (C=O) groups excluding carboxylic acids is 1. The number of amides is 1. The molecular formula is C12H10ClNOS. The quantitative estimate of drug-likeness (QED) is 0.895. The summed E-state index contributed by atoms with van der Waals surface area (Å²) < 4.78 is 0. The highest BCUT2D eigenvalue weighted by Gasteiger charge is 2.10. The summed E-state index contributed by atoms with van der Waals surface area (Å²) in [7, 11) is 0. The van der Waals surface area contributed by atoms with Crippen LogP contribution in [0.3, 0.4) is 0 Å². The number of nitrogens with two attached hydrogens (primary N) is 1. The molecule has 2 rings (SSSR count). The summed E-state index contributed by atoms with van der Waals surface area (Å²) in [5.74, 6) is -0.368. The first-order valence-corrected chi connectivity index (χ1v) is 6.03. The number of hydrogen-bond acceptors (Lipinski definition) is 2. The second-order valence-corrected chi connectivity index (χ2v) is 4.80. The Morgan fingerprint density at radius 2 is 2.19 bits per heavy atom. The van der Waals surface area contributed by atoms with Gasteiger partial charge in [0.15, 0.2) is 0 Å².